The fourth-order valence-electron chi connectivity index (χ4n) is 4.37. The van der Waals surface area contributed by atoms with Crippen LogP contribution in [-0.4, -0.2) is 44.8 Å². The lowest BCUT2D eigenvalue weighted by Crippen LogP contribution is -2.39. The number of hydrogen-bond donors (Lipinski definition) is 1. The summed E-state index contributed by atoms with van der Waals surface area (Å²) in [6.45, 7) is 4.63. The number of piperidine rings is 1. The first-order valence-electron chi connectivity index (χ1n) is 12.1. The van der Waals surface area contributed by atoms with E-state index in [0.29, 0.717) is 30.0 Å². The largest absolute Gasteiger partial charge is 0.339 e. The lowest BCUT2D eigenvalue weighted by atomic mass is 10.1. The summed E-state index contributed by atoms with van der Waals surface area (Å²) in [6, 6.07) is 20.4. The SMILES string of the molecule is Cc1ccc(C)c(N(CC(=O)Nc2ccccc2C(=O)N2CCCCC2)S(=O)(=O)c2ccccc2)c1. The third-order valence-corrected chi connectivity index (χ3v) is 8.10. The molecule has 1 heterocycles. The highest BCUT2D eigenvalue weighted by molar-refractivity contribution is 7.92. The van der Waals surface area contributed by atoms with Crippen molar-refractivity contribution >= 4 is 33.2 Å². The molecule has 4 rings (SSSR count). The molecule has 188 valence electrons. The maximum Gasteiger partial charge on any atom is 0.264 e. The average molecular weight is 506 g/mol. The Balaban J connectivity index is 1.64. The van der Waals surface area contributed by atoms with Gasteiger partial charge in [0, 0.05) is 13.1 Å². The Bertz CT molecular complexity index is 1350. The summed E-state index contributed by atoms with van der Waals surface area (Å²) in [4.78, 5) is 28.3. The minimum absolute atomic E-state index is 0.0967. The summed E-state index contributed by atoms with van der Waals surface area (Å²) >= 11 is 0. The second kappa shape index (κ2) is 11.0. The molecule has 1 fully saturated rings. The number of hydrogen-bond acceptors (Lipinski definition) is 4. The maximum atomic E-state index is 13.7. The third-order valence-electron chi connectivity index (χ3n) is 6.33. The molecule has 7 nitrogen and oxygen atoms in total. The minimum atomic E-state index is -4.03. The summed E-state index contributed by atoms with van der Waals surface area (Å²) in [6.07, 6.45) is 3.02. The predicted octanol–water partition coefficient (Wildman–Crippen LogP) is 4.76. The van der Waals surface area contributed by atoms with Crippen LogP contribution in [0.3, 0.4) is 0 Å². The van der Waals surface area contributed by atoms with Gasteiger partial charge in [0.2, 0.25) is 5.91 Å². The molecule has 0 atom stereocenters. The molecule has 1 aliphatic rings. The molecule has 0 aliphatic carbocycles. The Kier molecular flexibility index (Phi) is 7.74. The molecular weight excluding hydrogens is 474 g/mol. The van der Waals surface area contributed by atoms with Gasteiger partial charge in [-0.3, -0.25) is 13.9 Å². The van der Waals surface area contributed by atoms with Crippen LogP contribution in [0.15, 0.2) is 77.7 Å². The van der Waals surface area contributed by atoms with Gasteiger partial charge in [-0.2, -0.15) is 0 Å². The molecule has 0 aromatic heterocycles. The number of rotatable bonds is 7. The van der Waals surface area contributed by atoms with Gasteiger partial charge in [-0.1, -0.05) is 42.5 Å². The molecule has 36 heavy (non-hydrogen) atoms. The van der Waals surface area contributed by atoms with Crippen molar-refractivity contribution in [2.24, 2.45) is 0 Å². The lowest BCUT2D eigenvalue weighted by molar-refractivity contribution is -0.114. The summed E-state index contributed by atoms with van der Waals surface area (Å²) < 4.78 is 28.4. The van der Waals surface area contributed by atoms with Crippen LogP contribution in [-0.2, 0) is 14.8 Å². The van der Waals surface area contributed by atoms with Crippen molar-refractivity contribution in [2.75, 3.05) is 29.3 Å². The summed E-state index contributed by atoms with van der Waals surface area (Å²) in [5.41, 5.74) is 2.81. The Hall–Kier alpha value is -3.65. The number of carbonyl (C=O) groups excluding carboxylic acids is 2. The molecule has 1 aliphatic heterocycles. The first kappa shape index (κ1) is 25.4. The Labute approximate surface area is 212 Å². The molecular formula is C28H31N3O4S. The van der Waals surface area contributed by atoms with Crippen molar-refractivity contribution in [2.45, 2.75) is 38.0 Å². The quantitative estimate of drug-likeness (QED) is 0.501. The number of nitrogens with zero attached hydrogens (tertiary/aromatic N) is 2. The average Bonchev–Trinajstić information content (AvgIpc) is 2.89. The zero-order valence-corrected chi connectivity index (χ0v) is 21.4. The van der Waals surface area contributed by atoms with E-state index in [1.165, 1.54) is 12.1 Å². The molecule has 0 spiro atoms. The highest BCUT2D eigenvalue weighted by Gasteiger charge is 2.29. The van der Waals surface area contributed by atoms with E-state index in [-0.39, 0.29) is 10.8 Å². The normalized spacial score (nSPS) is 13.8. The zero-order chi connectivity index (χ0) is 25.7. The van der Waals surface area contributed by atoms with Crippen molar-refractivity contribution in [1.82, 2.24) is 4.90 Å². The van der Waals surface area contributed by atoms with E-state index in [1.54, 1.807) is 53.4 Å². The topological polar surface area (TPSA) is 86.8 Å². The Morgan fingerprint density at radius 2 is 1.56 bits per heavy atom. The van der Waals surface area contributed by atoms with Crippen LogP contribution in [0.25, 0.3) is 0 Å². The number of aryl methyl sites for hydroxylation is 2. The van der Waals surface area contributed by atoms with Gasteiger partial charge in [0.1, 0.15) is 6.54 Å². The zero-order valence-electron chi connectivity index (χ0n) is 20.6. The van der Waals surface area contributed by atoms with Crippen molar-refractivity contribution in [3.63, 3.8) is 0 Å². The Morgan fingerprint density at radius 3 is 2.28 bits per heavy atom. The molecule has 0 saturated carbocycles. The molecule has 1 saturated heterocycles. The fourth-order valence-corrected chi connectivity index (χ4v) is 5.87. The first-order valence-corrected chi connectivity index (χ1v) is 13.5. The van der Waals surface area contributed by atoms with E-state index >= 15 is 0 Å². The van der Waals surface area contributed by atoms with Gasteiger partial charge in [0.05, 0.1) is 21.8 Å². The Morgan fingerprint density at radius 1 is 0.889 bits per heavy atom. The molecule has 8 heteroatoms. The molecule has 0 unspecified atom stereocenters. The molecule has 3 aromatic rings. The molecule has 2 amide bonds. The molecule has 1 N–H and O–H groups in total. The van der Waals surface area contributed by atoms with E-state index in [2.05, 4.69) is 5.32 Å². The highest BCUT2D eigenvalue weighted by Crippen LogP contribution is 2.28. The number of nitrogens with one attached hydrogen (secondary N) is 1. The second-order valence-electron chi connectivity index (χ2n) is 9.06. The maximum absolute atomic E-state index is 13.7. The van der Waals surface area contributed by atoms with Crippen molar-refractivity contribution < 1.29 is 18.0 Å². The summed E-state index contributed by atoms with van der Waals surface area (Å²) in [5, 5.41) is 2.80. The first-order chi connectivity index (χ1) is 17.3. The fraction of sp³-hybridized carbons (Fsp3) is 0.286. The van der Waals surface area contributed by atoms with Crippen molar-refractivity contribution in [3.8, 4) is 0 Å². The van der Waals surface area contributed by atoms with Gasteiger partial charge in [0.15, 0.2) is 0 Å². The van der Waals surface area contributed by atoms with E-state index in [9.17, 15) is 18.0 Å². The van der Waals surface area contributed by atoms with Crippen molar-refractivity contribution in [3.05, 3.63) is 89.5 Å². The minimum Gasteiger partial charge on any atom is -0.339 e. The van der Waals surface area contributed by atoms with Gasteiger partial charge >= 0.3 is 0 Å². The number of para-hydroxylation sites is 1. The van der Waals surface area contributed by atoms with Gasteiger partial charge in [-0.15, -0.1) is 0 Å². The second-order valence-corrected chi connectivity index (χ2v) is 10.9. The predicted molar refractivity (Wildman–Crippen MR) is 142 cm³/mol. The van der Waals surface area contributed by atoms with E-state index in [1.807, 2.05) is 26.0 Å². The van der Waals surface area contributed by atoms with Gasteiger partial charge < -0.3 is 10.2 Å². The monoisotopic (exact) mass is 505 g/mol. The van der Waals surface area contributed by atoms with E-state index < -0.39 is 22.5 Å². The van der Waals surface area contributed by atoms with Crippen molar-refractivity contribution in [1.29, 1.82) is 0 Å². The summed E-state index contributed by atoms with van der Waals surface area (Å²) in [5.74, 6) is -0.664. The van der Waals surface area contributed by atoms with E-state index in [4.69, 9.17) is 0 Å². The number of amides is 2. The van der Waals surface area contributed by atoms with Crippen LogP contribution in [0.4, 0.5) is 11.4 Å². The van der Waals surface area contributed by atoms with Gasteiger partial charge in [-0.05, 0) is 74.6 Å². The van der Waals surface area contributed by atoms with Gasteiger partial charge in [0.25, 0.3) is 15.9 Å². The number of benzene rings is 3. The standard InChI is InChI=1S/C28H31N3O4S/c1-21-15-16-22(2)26(19-21)31(36(34,35)23-11-5-3-6-12-23)20-27(32)29-25-14-8-7-13-24(25)28(33)30-17-9-4-10-18-30/h3,5-8,11-16,19H,4,9-10,17-18,20H2,1-2H3,(H,29,32). The smallest absolute Gasteiger partial charge is 0.264 e. The van der Waals surface area contributed by atoms with Crippen LogP contribution in [0.2, 0.25) is 0 Å². The number of likely N-dealkylation sites (tertiary alicyclic amines) is 1. The van der Waals surface area contributed by atoms with Crippen LogP contribution < -0.4 is 9.62 Å². The highest BCUT2D eigenvalue weighted by atomic mass is 32.2. The number of anilines is 2. The van der Waals surface area contributed by atoms with Crippen LogP contribution in [0.5, 0.6) is 0 Å². The number of sulfonamides is 1. The van der Waals surface area contributed by atoms with Gasteiger partial charge in [-0.25, -0.2) is 8.42 Å². The number of carbonyl (C=O) groups is 2. The van der Waals surface area contributed by atoms with Crippen LogP contribution >= 0.6 is 0 Å². The summed E-state index contributed by atoms with van der Waals surface area (Å²) in [7, 11) is -4.03. The lowest BCUT2D eigenvalue weighted by Gasteiger charge is -2.28. The van der Waals surface area contributed by atoms with Crippen LogP contribution in [0, 0.1) is 13.8 Å². The molecule has 3 aromatic carbocycles. The van der Waals surface area contributed by atoms with Crippen LogP contribution in [0.1, 0.15) is 40.7 Å². The molecule has 0 radical (unpaired) electrons. The third kappa shape index (κ3) is 5.60. The van der Waals surface area contributed by atoms with E-state index in [0.717, 1.165) is 34.7 Å². The molecule has 0 bridgehead atoms.